The molecular weight excluding hydrogens is 202 g/mol. The van der Waals surface area contributed by atoms with Gasteiger partial charge >= 0.3 is 5.76 Å². The van der Waals surface area contributed by atoms with Crippen molar-refractivity contribution in [2.45, 2.75) is 25.6 Å². The number of nitriles is 1. The van der Waals surface area contributed by atoms with Crippen LogP contribution >= 0.6 is 0 Å². The summed E-state index contributed by atoms with van der Waals surface area (Å²) in [5.41, 5.74) is 0. The van der Waals surface area contributed by atoms with E-state index in [9.17, 15) is 17.2 Å². The standard InChI is InChI=1S/C6H10F2N2O2S/c1-5(2)10(4-3-9)13(11,12)6(7)8/h5-6H,4H2,1-2H3. The molecule has 0 atom stereocenters. The molecule has 0 radical (unpaired) electrons. The third kappa shape index (κ3) is 2.90. The Morgan fingerprint density at radius 2 is 1.92 bits per heavy atom. The third-order valence-electron chi connectivity index (χ3n) is 1.35. The first kappa shape index (κ1) is 12.3. The monoisotopic (exact) mass is 212 g/mol. The lowest BCUT2D eigenvalue weighted by Gasteiger charge is -2.21. The van der Waals surface area contributed by atoms with E-state index in [2.05, 4.69) is 0 Å². The Labute approximate surface area is 75.8 Å². The Kier molecular flexibility index (Phi) is 4.23. The molecule has 76 valence electrons. The van der Waals surface area contributed by atoms with Crippen molar-refractivity contribution in [2.24, 2.45) is 0 Å². The van der Waals surface area contributed by atoms with Crippen LogP contribution in [-0.4, -0.2) is 31.1 Å². The predicted molar refractivity (Wildman–Crippen MR) is 42.4 cm³/mol. The number of sulfonamides is 1. The molecule has 0 rings (SSSR count). The SMILES string of the molecule is CC(C)N(CC#N)S(=O)(=O)C(F)F. The molecule has 0 aromatic carbocycles. The fourth-order valence-corrected chi connectivity index (χ4v) is 1.77. The maximum absolute atomic E-state index is 12.0. The number of alkyl halides is 2. The molecule has 0 saturated carbocycles. The van der Waals surface area contributed by atoms with Crippen LogP contribution in [0.25, 0.3) is 0 Å². The summed E-state index contributed by atoms with van der Waals surface area (Å²) in [4.78, 5) is 0. The Hall–Kier alpha value is -0.740. The largest absolute Gasteiger partial charge is 0.350 e. The molecule has 0 aliphatic heterocycles. The Morgan fingerprint density at radius 1 is 1.46 bits per heavy atom. The second-order valence-corrected chi connectivity index (χ2v) is 4.46. The number of hydrogen-bond donors (Lipinski definition) is 0. The van der Waals surface area contributed by atoms with Crippen LogP contribution in [0.3, 0.4) is 0 Å². The highest BCUT2D eigenvalue weighted by Gasteiger charge is 2.33. The third-order valence-corrected chi connectivity index (χ3v) is 3.01. The average Bonchev–Trinajstić information content (AvgIpc) is 1.98. The van der Waals surface area contributed by atoms with Crippen LogP contribution < -0.4 is 0 Å². The summed E-state index contributed by atoms with van der Waals surface area (Å²) in [5, 5.41) is 8.23. The van der Waals surface area contributed by atoms with Gasteiger partial charge in [0.2, 0.25) is 0 Å². The smallest absolute Gasteiger partial charge is 0.206 e. The van der Waals surface area contributed by atoms with E-state index in [0.29, 0.717) is 4.31 Å². The van der Waals surface area contributed by atoms with Crippen molar-refractivity contribution < 1.29 is 17.2 Å². The van der Waals surface area contributed by atoms with Gasteiger partial charge < -0.3 is 0 Å². The van der Waals surface area contributed by atoms with E-state index in [1.807, 2.05) is 0 Å². The number of hydrogen-bond acceptors (Lipinski definition) is 3. The molecule has 0 aromatic rings. The highest BCUT2D eigenvalue weighted by Crippen LogP contribution is 2.14. The molecule has 0 saturated heterocycles. The minimum Gasteiger partial charge on any atom is -0.206 e. The van der Waals surface area contributed by atoms with Gasteiger partial charge in [-0.1, -0.05) is 0 Å². The zero-order chi connectivity index (χ0) is 10.6. The molecular formula is C6H10F2N2O2S. The lowest BCUT2D eigenvalue weighted by Crippen LogP contribution is -2.40. The molecule has 0 amide bonds. The van der Waals surface area contributed by atoms with Gasteiger partial charge in [0.25, 0.3) is 10.0 Å². The van der Waals surface area contributed by atoms with Crippen molar-refractivity contribution in [3.63, 3.8) is 0 Å². The van der Waals surface area contributed by atoms with Crippen LogP contribution in [0.5, 0.6) is 0 Å². The van der Waals surface area contributed by atoms with Crippen molar-refractivity contribution in [3.05, 3.63) is 0 Å². The van der Waals surface area contributed by atoms with Crippen molar-refractivity contribution in [3.8, 4) is 6.07 Å². The fourth-order valence-electron chi connectivity index (χ4n) is 0.738. The molecule has 0 heterocycles. The summed E-state index contributed by atoms with van der Waals surface area (Å²) >= 11 is 0. The second-order valence-electron chi connectivity index (χ2n) is 2.60. The van der Waals surface area contributed by atoms with Crippen LogP contribution in [0.15, 0.2) is 0 Å². The van der Waals surface area contributed by atoms with E-state index >= 15 is 0 Å². The van der Waals surface area contributed by atoms with E-state index in [4.69, 9.17) is 5.26 Å². The van der Waals surface area contributed by atoms with E-state index in [-0.39, 0.29) is 0 Å². The van der Waals surface area contributed by atoms with E-state index < -0.39 is 28.4 Å². The van der Waals surface area contributed by atoms with Gasteiger partial charge in [0.05, 0.1) is 6.07 Å². The predicted octanol–water partition coefficient (Wildman–Crippen LogP) is 0.773. The first-order chi connectivity index (χ1) is 5.84. The molecule has 0 bridgehead atoms. The zero-order valence-corrected chi connectivity index (χ0v) is 8.05. The van der Waals surface area contributed by atoms with Gasteiger partial charge in [-0.2, -0.15) is 18.3 Å². The van der Waals surface area contributed by atoms with E-state index in [1.165, 1.54) is 19.9 Å². The molecule has 0 aliphatic carbocycles. The Morgan fingerprint density at radius 3 is 2.15 bits per heavy atom. The quantitative estimate of drug-likeness (QED) is 0.647. The summed E-state index contributed by atoms with van der Waals surface area (Å²) < 4.78 is 46.3. The van der Waals surface area contributed by atoms with Crippen LogP contribution in [0.1, 0.15) is 13.8 Å². The minimum atomic E-state index is -4.62. The van der Waals surface area contributed by atoms with Crippen LogP contribution in [-0.2, 0) is 10.0 Å². The van der Waals surface area contributed by atoms with Gasteiger partial charge in [-0.3, -0.25) is 0 Å². The molecule has 7 heteroatoms. The van der Waals surface area contributed by atoms with Crippen molar-refractivity contribution >= 4 is 10.0 Å². The van der Waals surface area contributed by atoms with E-state index in [1.54, 1.807) is 0 Å². The molecule has 0 aromatic heterocycles. The second kappa shape index (κ2) is 4.48. The van der Waals surface area contributed by atoms with Gasteiger partial charge in [0, 0.05) is 6.04 Å². The molecule has 0 spiro atoms. The normalized spacial score (nSPS) is 12.5. The molecule has 0 fully saturated rings. The first-order valence-electron chi connectivity index (χ1n) is 3.49. The highest BCUT2D eigenvalue weighted by molar-refractivity contribution is 7.89. The summed E-state index contributed by atoms with van der Waals surface area (Å²) in [6.45, 7) is 2.30. The maximum Gasteiger partial charge on any atom is 0.350 e. The number of nitrogens with zero attached hydrogens (tertiary/aromatic N) is 2. The fraction of sp³-hybridized carbons (Fsp3) is 0.833. The zero-order valence-electron chi connectivity index (χ0n) is 7.24. The Bertz CT molecular complexity index is 294. The molecule has 0 unspecified atom stereocenters. The first-order valence-corrected chi connectivity index (χ1v) is 5.00. The van der Waals surface area contributed by atoms with Crippen LogP contribution in [0.2, 0.25) is 0 Å². The summed E-state index contributed by atoms with van der Waals surface area (Å²) in [6, 6.07) is 0.883. The van der Waals surface area contributed by atoms with Crippen LogP contribution in [0, 0.1) is 11.3 Å². The van der Waals surface area contributed by atoms with Crippen LogP contribution in [0.4, 0.5) is 8.78 Å². The summed E-state index contributed by atoms with van der Waals surface area (Å²) in [6.07, 6.45) is 0. The molecule has 0 aliphatic rings. The number of halogens is 2. The van der Waals surface area contributed by atoms with Crippen molar-refractivity contribution in [2.75, 3.05) is 6.54 Å². The Balaban J connectivity index is 4.87. The van der Waals surface area contributed by atoms with Crippen molar-refractivity contribution in [1.29, 1.82) is 5.26 Å². The summed E-state index contributed by atoms with van der Waals surface area (Å²) in [7, 11) is -4.62. The van der Waals surface area contributed by atoms with Crippen molar-refractivity contribution in [1.82, 2.24) is 4.31 Å². The molecule has 13 heavy (non-hydrogen) atoms. The van der Waals surface area contributed by atoms with Gasteiger partial charge in [-0.15, -0.1) is 0 Å². The van der Waals surface area contributed by atoms with Gasteiger partial charge in [0.15, 0.2) is 0 Å². The summed E-state index contributed by atoms with van der Waals surface area (Å²) in [5.74, 6) is -3.47. The average molecular weight is 212 g/mol. The topological polar surface area (TPSA) is 61.2 Å². The van der Waals surface area contributed by atoms with Gasteiger partial charge in [-0.25, -0.2) is 8.42 Å². The molecule has 4 nitrogen and oxygen atoms in total. The van der Waals surface area contributed by atoms with Gasteiger partial charge in [0.1, 0.15) is 6.54 Å². The maximum atomic E-state index is 12.0. The lowest BCUT2D eigenvalue weighted by atomic mass is 10.4. The highest BCUT2D eigenvalue weighted by atomic mass is 32.2. The van der Waals surface area contributed by atoms with Gasteiger partial charge in [-0.05, 0) is 13.8 Å². The lowest BCUT2D eigenvalue weighted by molar-refractivity contribution is 0.216. The minimum absolute atomic E-state index is 0.470. The van der Waals surface area contributed by atoms with E-state index in [0.717, 1.165) is 0 Å². The number of rotatable bonds is 4. The molecule has 0 N–H and O–H groups in total.